The van der Waals surface area contributed by atoms with Crippen LogP contribution in [0.15, 0.2) is 64.6 Å². The van der Waals surface area contributed by atoms with Crippen molar-refractivity contribution in [3.8, 4) is 0 Å². The fourth-order valence-corrected chi connectivity index (χ4v) is 4.39. The summed E-state index contributed by atoms with van der Waals surface area (Å²) in [5, 5.41) is 8.37. The molecular formula is C25H27N5O5S. The van der Waals surface area contributed by atoms with Gasteiger partial charge in [-0.2, -0.15) is 18.2 Å². The molecule has 0 unspecified atom stereocenters. The van der Waals surface area contributed by atoms with Gasteiger partial charge in [0, 0.05) is 24.4 Å². The van der Waals surface area contributed by atoms with Crippen molar-refractivity contribution in [3.63, 3.8) is 0 Å². The Morgan fingerprint density at radius 2 is 1.61 bits per heavy atom. The van der Waals surface area contributed by atoms with Crippen LogP contribution in [0, 0.1) is 6.92 Å². The molecule has 1 aliphatic heterocycles. The van der Waals surface area contributed by atoms with Crippen molar-refractivity contribution in [2.45, 2.75) is 44.4 Å². The van der Waals surface area contributed by atoms with Crippen LogP contribution in [0.5, 0.6) is 0 Å². The highest BCUT2D eigenvalue weighted by atomic mass is 32.2. The number of amides is 2. The summed E-state index contributed by atoms with van der Waals surface area (Å²) in [4.78, 5) is 26.6. The first-order valence-electron chi connectivity index (χ1n) is 11.3. The summed E-state index contributed by atoms with van der Waals surface area (Å²) in [7, 11) is -4.23. The van der Waals surface area contributed by atoms with Gasteiger partial charge in [-0.1, -0.05) is 50.6 Å². The van der Waals surface area contributed by atoms with Crippen molar-refractivity contribution in [1.82, 2.24) is 14.7 Å². The van der Waals surface area contributed by atoms with Gasteiger partial charge in [0.15, 0.2) is 5.84 Å². The standard InChI is InChI=1S/C25H27N5O5S/c1-16-9-11-17(12-10-16)36(33,34)35-28-22(30-21(26)15-20(27-30)25(2,3)4)13-14-29-23(31)18-7-5-6-8-19(18)24(29)32/h5-12,15H,13-14,26H2,1-4H3. The molecule has 1 aromatic heterocycles. The van der Waals surface area contributed by atoms with E-state index in [0.717, 1.165) is 10.5 Å². The topological polar surface area (TPSA) is 137 Å². The van der Waals surface area contributed by atoms with E-state index in [2.05, 4.69) is 10.3 Å². The van der Waals surface area contributed by atoms with Crippen LogP contribution in [0.2, 0.25) is 0 Å². The van der Waals surface area contributed by atoms with E-state index in [1.54, 1.807) is 42.5 Å². The fraction of sp³-hybridized carbons (Fsp3) is 0.280. The third kappa shape index (κ3) is 4.87. The second kappa shape index (κ2) is 9.23. The van der Waals surface area contributed by atoms with Crippen molar-refractivity contribution in [3.05, 3.63) is 77.0 Å². The lowest BCUT2D eigenvalue weighted by atomic mass is 9.92. The maximum absolute atomic E-state index is 12.8. The molecule has 0 atom stereocenters. The van der Waals surface area contributed by atoms with Crippen molar-refractivity contribution in [1.29, 1.82) is 0 Å². The van der Waals surface area contributed by atoms with E-state index in [4.69, 9.17) is 10.0 Å². The van der Waals surface area contributed by atoms with Crippen molar-refractivity contribution >= 4 is 33.6 Å². The number of fused-ring (bicyclic) bond motifs is 1. The summed E-state index contributed by atoms with van der Waals surface area (Å²) in [5.74, 6) is -0.647. The predicted octanol–water partition coefficient (Wildman–Crippen LogP) is 3.32. The number of imide groups is 1. The van der Waals surface area contributed by atoms with E-state index >= 15 is 0 Å². The van der Waals surface area contributed by atoms with Gasteiger partial charge in [0.1, 0.15) is 10.7 Å². The molecular weight excluding hydrogens is 482 g/mol. The summed E-state index contributed by atoms with van der Waals surface area (Å²) >= 11 is 0. The molecule has 0 saturated heterocycles. The molecule has 4 rings (SSSR count). The van der Waals surface area contributed by atoms with Crippen molar-refractivity contribution in [2.75, 3.05) is 12.3 Å². The van der Waals surface area contributed by atoms with Crippen LogP contribution in [-0.4, -0.2) is 47.3 Å². The Morgan fingerprint density at radius 1 is 1.03 bits per heavy atom. The molecule has 2 aromatic carbocycles. The van der Waals surface area contributed by atoms with Gasteiger partial charge in [-0.3, -0.25) is 18.8 Å². The van der Waals surface area contributed by atoms with Gasteiger partial charge in [0.2, 0.25) is 0 Å². The number of hydrogen-bond acceptors (Lipinski definition) is 8. The average molecular weight is 510 g/mol. The summed E-state index contributed by atoms with van der Waals surface area (Å²) < 4.78 is 31.7. The number of anilines is 1. The quantitative estimate of drug-likeness (QED) is 0.233. The van der Waals surface area contributed by atoms with E-state index in [0.29, 0.717) is 16.8 Å². The molecule has 0 spiro atoms. The van der Waals surface area contributed by atoms with Gasteiger partial charge in [0.05, 0.1) is 16.8 Å². The molecule has 0 aliphatic carbocycles. The lowest BCUT2D eigenvalue weighted by molar-refractivity contribution is 0.0658. The van der Waals surface area contributed by atoms with Crippen molar-refractivity contribution < 1.29 is 22.3 Å². The van der Waals surface area contributed by atoms with Crippen molar-refractivity contribution in [2.24, 2.45) is 5.16 Å². The Hall–Kier alpha value is -3.99. The number of nitrogen functional groups attached to an aromatic ring is 1. The number of rotatable bonds is 6. The molecule has 36 heavy (non-hydrogen) atoms. The van der Waals surface area contributed by atoms with E-state index in [1.165, 1.54) is 16.8 Å². The zero-order chi connectivity index (χ0) is 26.3. The smallest absolute Gasteiger partial charge is 0.358 e. The fourth-order valence-electron chi connectivity index (χ4n) is 3.65. The first-order chi connectivity index (χ1) is 16.9. The average Bonchev–Trinajstić information content (AvgIpc) is 3.33. The molecule has 10 nitrogen and oxygen atoms in total. The maximum Gasteiger partial charge on any atom is 0.358 e. The van der Waals surface area contributed by atoms with Crippen LogP contribution in [0.3, 0.4) is 0 Å². The number of carbonyl (C=O) groups is 2. The van der Waals surface area contributed by atoms with Crippen LogP contribution in [0.25, 0.3) is 0 Å². The van der Waals surface area contributed by atoms with Gasteiger partial charge >= 0.3 is 10.1 Å². The first kappa shape index (κ1) is 25.1. The zero-order valence-corrected chi connectivity index (χ0v) is 21.2. The summed E-state index contributed by atoms with van der Waals surface area (Å²) in [6.07, 6.45) is -0.0512. The molecule has 2 N–H and O–H groups in total. The number of aromatic nitrogens is 2. The molecule has 2 heterocycles. The highest BCUT2D eigenvalue weighted by Gasteiger charge is 2.35. The van der Waals surface area contributed by atoms with Gasteiger partial charge in [-0.25, -0.2) is 0 Å². The van der Waals surface area contributed by atoms with Gasteiger partial charge in [-0.15, -0.1) is 0 Å². The Bertz CT molecular complexity index is 1430. The molecule has 3 aromatic rings. The molecule has 188 valence electrons. The number of carbonyl (C=O) groups excluding carboxylic acids is 2. The summed E-state index contributed by atoms with van der Waals surface area (Å²) in [6.45, 7) is 7.61. The van der Waals surface area contributed by atoms with E-state index < -0.39 is 21.9 Å². The molecule has 11 heteroatoms. The lowest BCUT2D eigenvalue weighted by Gasteiger charge is -2.16. The maximum atomic E-state index is 12.8. The number of oxime groups is 1. The number of hydrogen-bond donors (Lipinski definition) is 1. The van der Waals surface area contributed by atoms with Gasteiger partial charge in [0.25, 0.3) is 11.8 Å². The predicted molar refractivity (Wildman–Crippen MR) is 134 cm³/mol. The van der Waals surface area contributed by atoms with Crippen LogP contribution in [-0.2, 0) is 19.8 Å². The van der Waals surface area contributed by atoms with E-state index in [-0.39, 0.29) is 34.9 Å². The molecule has 0 bridgehead atoms. The first-order valence-corrected chi connectivity index (χ1v) is 12.7. The highest BCUT2D eigenvalue weighted by Crippen LogP contribution is 2.25. The molecule has 0 fully saturated rings. The number of nitrogens with two attached hydrogens (primary N) is 1. The van der Waals surface area contributed by atoms with E-state index in [1.807, 2.05) is 27.7 Å². The van der Waals surface area contributed by atoms with Crippen LogP contribution >= 0.6 is 0 Å². The lowest BCUT2D eigenvalue weighted by Crippen LogP contribution is -2.33. The molecule has 2 amide bonds. The summed E-state index contributed by atoms with van der Waals surface area (Å²) in [5.41, 5.74) is 8.00. The van der Waals surface area contributed by atoms with Crippen LogP contribution in [0.4, 0.5) is 5.82 Å². The molecule has 0 saturated carbocycles. The van der Waals surface area contributed by atoms with E-state index in [9.17, 15) is 18.0 Å². The minimum atomic E-state index is -4.23. The number of nitrogens with zero attached hydrogens (tertiary/aromatic N) is 4. The monoisotopic (exact) mass is 509 g/mol. The minimum absolute atomic E-state index is 0.0234. The largest absolute Gasteiger partial charge is 0.384 e. The normalized spacial score (nSPS) is 14.3. The second-order valence-corrected chi connectivity index (χ2v) is 11.1. The zero-order valence-electron chi connectivity index (χ0n) is 20.4. The third-order valence-corrected chi connectivity index (χ3v) is 6.86. The minimum Gasteiger partial charge on any atom is -0.384 e. The Balaban J connectivity index is 1.65. The Labute approximate surface area is 209 Å². The molecule has 1 aliphatic rings. The SMILES string of the molecule is Cc1ccc(S(=O)(=O)ON=C(CCN2C(=O)c3ccccc3C2=O)n2nc(C(C)(C)C)cc2N)cc1. The second-order valence-electron chi connectivity index (χ2n) is 9.52. The highest BCUT2D eigenvalue weighted by molar-refractivity contribution is 7.86. The number of aryl methyl sites for hydroxylation is 1. The van der Waals surface area contributed by atoms with Crippen LogP contribution < -0.4 is 5.73 Å². The van der Waals surface area contributed by atoms with Crippen LogP contribution in [0.1, 0.15) is 59.2 Å². The third-order valence-electron chi connectivity index (χ3n) is 5.74. The Morgan fingerprint density at radius 3 is 2.14 bits per heavy atom. The number of benzene rings is 2. The van der Waals surface area contributed by atoms with Gasteiger partial charge < -0.3 is 5.73 Å². The summed E-state index contributed by atoms with van der Waals surface area (Å²) in [6, 6.07) is 14.3. The molecule has 0 radical (unpaired) electrons. The van der Waals surface area contributed by atoms with Gasteiger partial charge in [-0.05, 0) is 36.3 Å². The Kier molecular flexibility index (Phi) is 6.44.